The number of benzene rings is 2. The van der Waals surface area contributed by atoms with E-state index in [0.29, 0.717) is 41.5 Å². The minimum atomic E-state index is -1.93. The third kappa shape index (κ3) is 8.44. The Labute approximate surface area is 367 Å². The quantitative estimate of drug-likeness (QED) is 0.301. The number of carbonyl (C=O) groups is 3. The number of fused-ring (bicyclic) bond motifs is 9. The number of aliphatic imine (C=N–C) groups is 1. The fourth-order valence-corrected chi connectivity index (χ4v) is 8.73. The summed E-state index contributed by atoms with van der Waals surface area (Å²) in [5, 5.41) is 26.4. The Morgan fingerprint density at radius 3 is 2.49 bits per heavy atom. The van der Waals surface area contributed by atoms with Gasteiger partial charge in [-0.3, -0.25) is 14.4 Å². The molecule has 9 atom stereocenters. The molecular weight excluding hydrogens is 815 g/mol. The Balaban J connectivity index is 1.38. The van der Waals surface area contributed by atoms with Gasteiger partial charge >= 0.3 is 11.8 Å². The lowest BCUT2D eigenvalue weighted by molar-refractivity contribution is -0.168. The number of aromatic hydroxyl groups is 1. The molecule has 16 heteroatoms. The smallest absolute Gasteiger partial charge is 0.312 e. The van der Waals surface area contributed by atoms with Crippen LogP contribution in [0.3, 0.4) is 0 Å². The maximum absolute atomic E-state index is 14.8. The zero-order valence-electron chi connectivity index (χ0n) is 37.6. The second-order valence-electron chi connectivity index (χ2n) is 17.1. The number of esters is 1. The molecule has 16 nitrogen and oxygen atoms in total. The van der Waals surface area contributed by atoms with E-state index >= 15 is 0 Å². The number of rotatable bonds is 7. The average Bonchev–Trinajstić information content (AvgIpc) is 3.68. The van der Waals surface area contributed by atoms with E-state index in [-0.39, 0.29) is 69.4 Å². The van der Waals surface area contributed by atoms with Gasteiger partial charge in [0.15, 0.2) is 17.3 Å². The highest BCUT2D eigenvalue weighted by molar-refractivity contribution is 6.24. The number of hydrogen-bond donors (Lipinski definition) is 3. The molecule has 63 heavy (non-hydrogen) atoms. The number of allylic oxidation sites excluding steroid dienone is 4. The van der Waals surface area contributed by atoms with Crippen molar-refractivity contribution in [3.05, 3.63) is 82.0 Å². The molecule has 1 amide bonds. The predicted molar refractivity (Wildman–Crippen MR) is 231 cm³/mol. The largest absolute Gasteiger partial charge is 0.507 e. The van der Waals surface area contributed by atoms with Crippen molar-refractivity contribution in [3.8, 4) is 28.7 Å². The van der Waals surface area contributed by atoms with Crippen LogP contribution in [0.2, 0.25) is 0 Å². The monoisotopic (exact) mass is 871 g/mol. The lowest BCUT2D eigenvalue weighted by atomic mass is 9.83. The van der Waals surface area contributed by atoms with Crippen molar-refractivity contribution in [2.45, 2.75) is 91.2 Å². The van der Waals surface area contributed by atoms with E-state index in [1.54, 1.807) is 51.1 Å². The molecule has 0 saturated carbocycles. The molecule has 0 spiro atoms. The van der Waals surface area contributed by atoms with Gasteiger partial charge < -0.3 is 58.3 Å². The molecule has 6 aliphatic rings. The molecule has 8 rings (SSSR count). The molecule has 1 fully saturated rings. The number of nitrogens with zero attached hydrogens (tertiary/aromatic N) is 2. The van der Waals surface area contributed by atoms with Crippen molar-refractivity contribution in [2.75, 3.05) is 41.5 Å². The van der Waals surface area contributed by atoms with Crippen LogP contribution in [-0.4, -0.2) is 116 Å². The highest BCUT2D eigenvalue weighted by atomic mass is 16.7. The zero-order valence-corrected chi connectivity index (χ0v) is 37.6. The van der Waals surface area contributed by atoms with Crippen molar-refractivity contribution in [1.29, 1.82) is 0 Å². The number of methoxy groups -OCH3 is 2. The number of amides is 1. The molecule has 2 aromatic carbocycles. The minimum absolute atomic E-state index is 0.0525. The number of ether oxygens (including phenoxy) is 8. The average molecular weight is 872 g/mol. The summed E-state index contributed by atoms with van der Waals surface area (Å²) < 4.78 is 49.1. The predicted octanol–water partition coefficient (Wildman–Crippen LogP) is 5.37. The van der Waals surface area contributed by atoms with E-state index in [0.717, 1.165) is 0 Å². The summed E-state index contributed by atoms with van der Waals surface area (Å²) in [6.07, 6.45) is 4.04. The molecular formula is C47H57N3O13. The number of phenols is 1. The van der Waals surface area contributed by atoms with Crippen LogP contribution in [0.15, 0.2) is 64.7 Å². The second-order valence-corrected chi connectivity index (χ2v) is 17.1. The van der Waals surface area contributed by atoms with Crippen molar-refractivity contribution in [1.82, 2.24) is 10.2 Å². The second kappa shape index (κ2) is 17.8. The van der Waals surface area contributed by atoms with Crippen LogP contribution >= 0.6 is 0 Å². The standard InChI is InChI=1S/C47H57N3O13/c1-22-13-12-14-23(2)46(55)48-30-21-29-34(37-43(30)61-33-20-28(58-18-16-50(8)9)19-32(57-11)36(33)49-37)35-41(25(4)38(29)52)63-47(7,45(35)54)59-17-15-31(56-10)24(3)42(60-27(6)51)44-39(53)26(5)40(22)62-44/h12-15,17,19-20,22,24,26,31,39-40,42,44,52-53H,16,18,21H2,1-11H3,(H,48,55)/b13-12+,17-15+,23-14-/t22-,24+,26-,31-,39+,40-,42+,44+,47-/m0/s1. The Hall–Kier alpha value is -5.68. The fourth-order valence-electron chi connectivity index (χ4n) is 8.73. The lowest BCUT2D eigenvalue weighted by Gasteiger charge is -2.33. The molecule has 1 saturated heterocycles. The molecule has 0 aromatic heterocycles. The number of likely N-dealkylation sites (N-methyl/N-ethyl adjacent to an activating group) is 1. The van der Waals surface area contributed by atoms with Gasteiger partial charge in [-0.25, -0.2) is 4.99 Å². The van der Waals surface area contributed by atoms with Crippen LogP contribution in [0.4, 0.5) is 5.69 Å². The van der Waals surface area contributed by atoms with Crippen LogP contribution in [0.5, 0.6) is 28.7 Å². The van der Waals surface area contributed by atoms with Crippen LogP contribution < -0.4 is 24.3 Å². The number of Topliss-reactive ketones (excluding diaryl/α,β-unsaturated/α-hetero) is 1. The van der Waals surface area contributed by atoms with Crippen LogP contribution in [0, 0.1) is 24.7 Å². The number of aliphatic hydroxyl groups excluding tert-OH is 1. The Morgan fingerprint density at radius 2 is 1.81 bits per heavy atom. The summed E-state index contributed by atoms with van der Waals surface area (Å²) in [7, 11) is 6.86. The molecule has 0 unspecified atom stereocenters. The van der Waals surface area contributed by atoms with E-state index in [2.05, 4.69) is 5.32 Å². The van der Waals surface area contributed by atoms with Crippen LogP contribution in [0.1, 0.15) is 68.6 Å². The van der Waals surface area contributed by atoms with E-state index in [1.807, 2.05) is 38.9 Å². The van der Waals surface area contributed by atoms with Gasteiger partial charge in [0.2, 0.25) is 0 Å². The molecule has 3 N–H and O–H groups in total. The maximum Gasteiger partial charge on any atom is 0.312 e. The van der Waals surface area contributed by atoms with E-state index in [9.17, 15) is 24.6 Å². The highest BCUT2D eigenvalue weighted by Gasteiger charge is 2.53. The summed E-state index contributed by atoms with van der Waals surface area (Å²) in [4.78, 5) is 48.3. The topological polar surface area (TPSA) is 193 Å². The SMILES string of the molecule is COc1cc(OCCN(C)C)cc2c1N=C1C(=C3Cc4c(O)c(C)c5c(c41)C(=O)[C@@](C)(O/C=C/[C@H](OC)[C@@H](C)[C@@H](OC(C)=O)[C@@H]1O[C@H]([C@@H](C)[C@H]1O)[C@@H](C)/C=C/C=C(/C)C(=O)N3)O5)O2. The third-order valence-electron chi connectivity index (χ3n) is 12.4. The lowest BCUT2D eigenvalue weighted by Crippen LogP contribution is -2.46. The van der Waals surface area contributed by atoms with Crippen molar-refractivity contribution < 1.29 is 62.5 Å². The minimum Gasteiger partial charge on any atom is -0.507 e. The van der Waals surface area contributed by atoms with Crippen molar-refractivity contribution >= 4 is 29.1 Å². The Morgan fingerprint density at radius 1 is 1.06 bits per heavy atom. The number of ketones is 1. The van der Waals surface area contributed by atoms with E-state index in [1.165, 1.54) is 34.3 Å². The molecule has 2 aromatic rings. The highest BCUT2D eigenvalue weighted by Crippen LogP contribution is 2.52. The molecule has 338 valence electrons. The van der Waals surface area contributed by atoms with E-state index < -0.39 is 59.9 Å². The number of hydrogen-bond acceptors (Lipinski definition) is 15. The van der Waals surface area contributed by atoms with Gasteiger partial charge in [-0.1, -0.05) is 39.0 Å². The number of carbonyl (C=O) groups excluding carboxylic acids is 3. The first-order valence-electron chi connectivity index (χ1n) is 21.1. The molecule has 5 aliphatic heterocycles. The van der Waals surface area contributed by atoms with Gasteiger partial charge in [0.05, 0.1) is 42.9 Å². The summed E-state index contributed by atoms with van der Waals surface area (Å²) in [6, 6.07) is 3.38. The first kappa shape index (κ1) is 45.3. The molecule has 1 aliphatic carbocycles. The number of aliphatic hydroxyl groups is 1. The first-order valence-corrected chi connectivity index (χ1v) is 21.1. The van der Waals surface area contributed by atoms with Gasteiger partial charge in [-0.05, 0) is 34.0 Å². The molecule has 7 bridgehead atoms. The zero-order chi connectivity index (χ0) is 45.7. The van der Waals surface area contributed by atoms with Gasteiger partial charge in [-0.15, -0.1) is 0 Å². The van der Waals surface area contributed by atoms with Gasteiger partial charge in [-0.2, -0.15) is 0 Å². The normalized spacial score (nSPS) is 30.8. The number of phenolic OH excluding ortho intramolecular Hbond substituents is 1. The summed E-state index contributed by atoms with van der Waals surface area (Å²) in [6.45, 7) is 12.7. The Kier molecular flexibility index (Phi) is 12.8. The summed E-state index contributed by atoms with van der Waals surface area (Å²) in [5.74, 6) is -3.54. The van der Waals surface area contributed by atoms with Crippen LogP contribution in [-0.2, 0) is 35.0 Å². The summed E-state index contributed by atoms with van der Waals surface area (Å²) in [5.41, 5.74) is 2.04. The van der Waals surface area contributed by atoms with Crippen LogP contribution in [0.25, 0.3) is 0 Å². The third-order valence-corrected chi connectivity index (χ3v) is 12.4. The Bertz CT molecular complexity index is 2350. The van der Waals surface area contributed by atoms with Gasteiger partial charge in [0.1, 0.15) is 47.5 Å². The fraction of sp³-hybridized carbons (Fsp3) is 0.489. The molecule has 0 radical (unpaired) electrons. The van der Waals surface area contributed by atoms with E-state index in [4.69, 9.17) is 42.9 Å². The van der Waals surface area contributed by atoms with Gasteiger partial charge in [0.25, 0.3) is 11.7 Å². The van der Waals surface area contributed by atoms with Gasteiger partial charge in [0, 0.05) is 86.1 Å². The maximum atomic E-state index is 14.8. The number of nitrogens with one attached hydrogen (secondary N) is 1. The van der Waals surface area contributed by atoms with Crippen molar-refractivity contribution in [3.63, 3.8) is 0 Å². The summed E-state index contributed by atoms with van der Waals surface area (Å²) >= 11 is 0. The first-order chi connectivity index (χ1) is 29.9. The van der Waals surface area contributed by atoms with Crippen molar-refractivity contribution in [2.24, 2.45) is 22.7 Å². The molecule has 5 heterocycles.